The number of benzene rings is 1. The molecule has 3 heterocycles. The molecule has 1 aromatic carbocycles. The maximum Gasteiger partial charge on any atom is 0.243 e. The number of anilines is 1. The Morgan fingerprint density at radius 2 is 1.90 bits per heavy atom. The zero-order valence-corrected chi connectivity index (χ0v) is 17.5. The first-order valence-electron chi connectivity index (χ1n) is 9.36. The van der Waals surface area contributed by atoms with Gasteiger partial charge in [-0.05, 0) is 49.2 Å². The molecule has 156 valence electrons. The van der Waals surface area contributed by atoms with Crippen LogP contribution in [0.25, 0.3) is 11.3 Å². The van der Waals surface area contributed by atoms with E-state index in [1.54, 1.807) is 12.4 Å². The molecule has 1 fully saturated rings. The van der Waals surface area contributed by atoms with E-state index in [0.29, 0.717) is 24.5 Å². The number of piperidine rings is 1. The second-order valence-electron chi connectivity index (χ2n) is 6.92. The van der Waals surface area contributed by atoms with Gasteiger partial charge in [0.2, 0.25) is 15.9 Å². The summed E-state index contributed by atoms with van der Waals surface area (Å²) in [7, 11) is -3.78. The lowest BCUT2D eigenvalue weighted by molar-refractivity contribution is -0.120. The van der Waals surface area contributed by atoms with Gasteiger partial charge in [0.25, 0.3) is 0 Å². The molecule has 3 aromatic rings. The first-order valence-corrected chi connectivity index (χ1v) is 11.7. The normalized spacial score (nSPS) is 17.6. The predicted molar refractivity (Wildman–Crippen MR) is 112 cm³/mol. The summed E-state index contributed by atoms with van der Waals surface area (Å²) in [6.45, 7) is 0.404. The molecular weight excluding hydrogens is 427 g/mol. The van der Waals surface area contributed by atoms with Crippen molar-refractivity contribution in [2.45, 2.75) is 17.7 Å². The van der Waals surface area contributed by atoms with Crippen LogP contribution in [-0.2, 0) is 14.8 Å². The van der Waals surface area contributed by atoms with Gasteiger partial charge in [0.05, 0.1) is 16.5 Å². The molecule has 0 aliphatic carbocycles. The molecule has 1 unspecified atom stereocenters. The molecule has 1 N–H and O–H groups in total. The Bertz CT molecular complexity index is 1130. The lowest BCUT2D eigenvalue weighted by Crippen LogP contribution is -2.43. The molecule has 7 nitrogen and oxygen atoms in total. The second-order valence-corrected chi connectivity index (χ2v) is 9.72. The van der Waals surface area contributed by atoms with Crippen LogP contribution < -0.4 is 5.32 Å². The summed E-state index contributed by atoms with van der Waals surface area (Å²) in [4.78, 5) is 21.2. The number of halogens is 1. The highest BCUT2D eigenvalue weighted by molar-refractivity contribution is 7.89. The molecular formula is C20H19FN4O3S2. The summed E-state index contributed by atoms with van der Waals surface area (Å²) in [6, 6.07) is 8.38. The third-order valence-corrected chi connectivity index (χ3v) is 7.55. The van der Waals surface area contributed by atoms with Gasteiger partial charge in [-0.1, -0.05) is 0 Å². The highest BCUT2D eigenvalue weighted by Gasteiger charge is 2.33. The van der Waals surface area contributed by atoms with E-state index < -0.39 is 21.8 Å². The van der Waals surface area contributed by atoms with E-state index in [4.69, 9.17) is 0 Å². The number of thiazole rings is 1. The van der Waals surface area contributed by atoms with Crippen molar-refractivity contribution in [1.82, 2.24) is 14.3 Å². The molecule has 0 radical (unpaired) electrons. The highest BCUT2D eigenvalue weighted by Crippen LogP contribution is 2.27. The predicted octanol–water partition coefficient (Wildman–Crippen LogP) is 3.38. The fraction of sp³-hybridized carbons (Fsp3) is 0.250. The average Bonchev–Trinajstić information content (AvgIpc) is 3.23. The number of hydrogen-bond donors (Lipinski definition) is 1. The van der Waals surface area contributed by atoms with Crippen molar-refractivity contribution >= 4 is 32.4 Å². The number of carbonyl (C=O) groups is 1. The van der Waals surface area contributed by atoms with E-state index in [9.17, 15) is 17.6 Å². The Kier molecular flexibility index (Phi) is 5.89. The summed E-state index contributed by atoms with van der Waals surface area (Å²) in [5.41, 5.74) is 1.64. The Balaban J connectivity index is 1.44. The molecule has 1 amide bonds. The molecule has 30 heavy (non-hydrogen) atoms. The van der Waals surface area contributed by atoms with Gasteiger partial charge in [0.1, 0.15) is 5.82 Å². The van der Waals surface area contributed by atoms with Crippen LogP contribution in [0.3, 0.4) is 0 Å². The van der Waals surface area contributed by atoms with Gasteiger partial charge in [-0.3, -0.25) is 9.78 Å². The first-order chi connectivity index (χ1) is 14.4. The number of nitrogens with zero attached hydrogens (tertiary/aromatic N) is 3. The van der Waals surface area contributed by atoms with E-state index in [-0.39, 0.29) is 17.3 Å². The largest absolute Gasteiger partial charge is 0.302 e. The van der Waals surface area contributed by atoms with Crippen LogP contribution in [0.2, 0.25) is 0 Å². The number of carbonyl (C=O) groups excluding carboxylic acids is 1. The van der Waals surface area contributed by atoms with Crippen LogP contribution in [0.4, 0.5) is 9.52 Å². The van der Waals surface area contributed by atoms with Crippen LogP contribution in [0.15, 0.2) is 59.1 Å². The van der Waals surface area contributed by atoms with E-state index in [1.165, 1.54) is 27.8 Å². The fourth-order valence-electron chi connectivity index (χ4n) is 3.32. The summed E-state index contributed by atoms with van der Waals surface area (Å²) in [6.07, 6.45) is 4.50. The first kappa shape index (κ1) is 20.6. The number of hydrogen-bond acceptors (Lipinski definition) is 6. The highest BCUT2D eigenvalue weighted by atomic mass is 32.2. The van der Waals surface area contributed by atoms with E-state index in [0.717, 1.165) is 23.4 Å². The van der Waals surface area contributed by atoms with Gasteiger partial charge < -0.3 is 5.32 Å². The third-order valence-electron chi connectivity index (χ3n) is 4.92. The fourth-order valence-corrected chi connectivity index (χ4v) is 5.57. The van der Waals surface area contributed by atoms with Gasteiger partial charge in [-0.25, -0.2) is 17.8 Å². The minimum absolute atomic E-state index is 0.0203. The third kappa shape index (κ3) is 4.40. The second kappa shape index (κ2) is 8.58. The van der Waals surface area contributed by atoms with Crippen LogP contribution in [-0.4, -0.2) is 41.7 Å². The van der Waals surface area contributed by atoms with E-state index >= 15 is 0 Å². The van der Waals surface area contributed by atoms with E-state index in [2.05, 4.69) is 15.3 Å². The number of pyridine rings is 1. The number of aromatic nitrogens is 2. The lowest BCUT2D eigenvalue weighted by Gasteiger charge is -2.31. The van der Waals surface area contributed by atoms with Crippen molar-refractivity contribution in [2.75, 3.05) is 18.4 Å². The van der Waals surface area contributed by atoms with E-state index in [1.807, 2.05) is 17.5 Å². The van der Waals surface area contributed by atoms with Gasteiger partial charge in [-0.15, -0.1) is 11.3 Å². The molecule has 1 aliphatic heterocycles. The molecule has 0 saturated carbocycles. The molecule has 10 heteroatoms. The Morgan fingerprint density at radius 3 is 2.63 bits per heavy atom. The van der Waals surface area contributed by atoms with Crippen LogP contribution in [0.1, 0.15) is 12.8 Å². The van der Waals surface area contributed by atoms with Crippen molar-refractivity contribution < 1.29 is 17.6 Å². The van der Waals surface area contributed by atoms with Crippen molar-refractivity contribution in [2.24, 2.45) is 5.92 Å². The summed E-state index contributed by atoms with van der Waals surface area (Å²) in [5, 5.41) is 5.11. The molecule has 0 spiro atoms. The molecule has 0 bridgehead atoms. The minimum atomic E-state index is -3.78. The molecule has 2 aromatic heterocycles. The Labute approximate surface area is 177 Å². The molecule has 1 aliphatic rings. The Hall–Kier alpha value is -2.69. The smallest absolute Gasteiger partial charge is 0.243 e. The zero-order valence-electron chi connectivity index (χ0n) is 15.9. The monoisotopic (exact) mass is 446 g/mol. The van der Waals surface area contributed by atoms with Crippen LogP contribution in [0, 0.1) is 11.7 Å². The Morgan fingerprint density at radius 1 is 1.17 bits per heavy atom. The number of sulfonamides is 1. The number of nitrogens with one attached hydrogen (secondary N) is 1. The maximum atomic E-state index is 13.1. The SMILES string of the molecule is O=C(Nc1nc(-c2ccncc2)cs1)C1CCCN(S(=O)(=O)c2ccc(F)cc2)C1. The van der Waals surface area contributed by atoms with Gasteiger partial charge in [0.15, 0.2) is 5.13 Å². The number of rotatable bonds is 5. The number of amides is 1. The molecule has 1 saturated heterocycles. The van der Waals surface area contributed by atoms with Crippen LogP contribution >= 0.6 is 11.3 Å². The minimum Gasteiger partial charge on any atom is -0.302 e. The average molecular weight is 447 g/mol. The van der Waals surface area contributed by atoms with Crippen molar-refractivity contribution in [3.8, 4) is 11.3 Å². The molecule has 4 rings (SSSR count). The molecule has 1 atom stereocenters. The summed E-state index contributed by atoms with van der Waals surface area (Å²) in [5.74, 6) is -1.24. The zero-order chi connectivity index (χ0) is 21.1. The quantitative estimate of drug-likeness (QED) is 0.649. The van der Waals surface area contributed by atoms with Crippen LogP contribution in [0.5, 0.6) is 0 Å². The summed E-state index contributed by atoms with van der Waals surface area (Å²) < 4.78 is 40.1. The van der Waals surface area contributed by atoms with Crippen molar-refractivity contribution in [3.63, 3.8) is 0 Å². The topological polar surface area (TPSA) is 92.3 Å². The van der Waals surface area contributed by atoms with Crippen molar-refractivity contribution in [3.05, 3.63) is 60.0 Å². The van der Waals surface area contributed by atoms with Gasteiger partial charge >= 0.3 is 0 Å². The lowest BCUT2D eigenvalue weighted by atomic mass is 9.99. The van der Waals surface area contributed by atoms with Crippen molar-refractivity contribution in [1.29, 1.82) is 0 Å². The maximum absolute atomic E-state index is 13.1. The van der Waals surface area contributed by atoms with Gasteiger partial charge in [0, 0.05) is 36.4 Å². The standard InChI is InChI=1S/C20H19FN4O3S2/c21-16-3-5-17(6-4-16)30(27,28)25-11-1-2-15(12-25)19(26)24-20-23-18(13-29-20)14-7-9-22-10-8-14/h3-10,13,15H,1-2,11-12H2,(H,23,24,26). The summed E-state index contributed by atoms with van der Waals surface area (Å²) >= 11 is 1.31. The van der Waals surface area contributed by atoms with Gasteiger partial charge in [-0.2, -0.15) is 4.31 Å².